The van der Waals surface area contributed by atoms with Gasteiger partial charge in [0.05, 0.1) is 18.5 Å². The first-order chi connectivity index (χ1) is 12.6. The summed E-state index contributed by atoms with van der Waals surface area (Å²) in [6.07, 6.45) is 3.70. The molecule has 144 valence electrons. The van der Waals surface area contributed by atoms with Gasteiger partial charge in [-0.3, -0.25) is 4.79 Å². The standard InChI is InChI=1S/C18H28N4O4/c1-3-26-18(24)22-10-7-14(8-11-22)21-17(23)16-6-5-15(13-20-16)19-9-4-12-25-2/h5-6,13-14,19H,3-4,7-12H2,1-2H3,(H,21,23). The van der Waals surface area contributed by atoms with Gasteiger partial charge in [-0.15, -0.1) is 0 Å². The van der Waals surface area contributed by atoms with Gasteiger partial charge >= 0.3 is 6.09 Å². The quantitative estimate of drug-likeness (QED) is 0.684. The lowest BCUT2D eigenvalue weighted by atomic mass is 10.1. The van der Waals surface area contributed by atoms with Gasteiger partial charge in [-0.1, -0.05) is 0 Å². The summed E-state index contributed by atoms with van der Waals surface area (Å²) in [6.45, 7) is 4.83. The number of ether oxygens (including phenoxy) is 2. The Hall–Kier alpha value is -2.35. The maximum atomic E-state index is 12.3. The highest BCUT2D eigenvalue weighted by atomic mass is 16.6. The van der Waals surface area contributed by atoms with Crippen LogP contribution in [-0.4, -0.2) is 67.9 Å². The number of piperidine rings is 1. The summed E-state index contributed by atoms with van der Waals surface area (Å²) >= 11 is 0. The van der Waals surface area contributed by atoms with Crippen molar-refractivity contribution in [3.8, 4) is 0 Å². The zero-order valence-electron chi connectivity index (χ0n) is 15.5. The highest BCUT2D eigenvalue weighted by molar-refractivity contribution is 5.92. The fraction of sp³-hybridized carbons (Fsp3) is 0.611. The third-order valence-electron chi connectivity index (χ3n) is 4.21. The van der Waals surface area contributed by atoms with E-state index in [1.54, 1.807) is 31.2 Å². The van der Waals surface area contributed by atoms with Crippen LogP contribution in [0.3, 0.4) is 0 Å². The maximum absolute atomic E-state index is 12.3. The average Bonchev–Trinajstić information content (AvgIpc) is 2.66. The summed E-state index contributed by atoms with van der Waals surface area (Å²) in [7, 11) is 1.68. The number of hydrogen-bond acceptors (Lipinski definition) is 6. The van der Waals surface area contributed by atoms with E-state index in [1.165, 1.54) is 0 Å². The molecule has 1 fully saturated rings. The number of carbonyl (C=O) groups is 2. The molecule has 0 atom stereocenters. The molecular weight excluding hydrogens is 336 g/mol. The number of likely N-dealkylation sites (tertiary alicyclic amines) is 1. The Morgan fingerprint density at radius 2 is 2.08 bits per heavy atom. The van der Waals surface area contributed by atoms with Gasteiger partial charge in [0.25, 0.3) is 5.91 Å². The number of aromatic nitrogens is 1. The first kappa shape index (κ1) is 20.0. The number of nitrogens with zero attached hydrogens (tertiary/aromatic N) is 2. The molecule has 8 nitrogen and oxygen atoms in total. The number of rotatable bonds is 8. The van der Waals surface area contributed by atoms with Crippen LogP contribution >= 0.6 is 0 Å². The topological polar surface area (TPSA) is 92.8 Å². The second-order valence-corrected chi connectivity index (χ2v) is 6.14. The largest absolute Gasteiger partial charge is 0.450 e. The third kappa shape index (κ3) is 6.18. The van der Waals surface area contributed by atoms with E-state index in [-0.39, 0.29) is 18.0 Å². The number of methoxy groups -OCH3 is 1. The fourth-order valence-corrected chi connectivity index (χ4v) is 2.76. The third-order valence-corrected chi connectivity index (χ3v) is 4.21. The Bertz CT molecular complexity index is 571. The molecule has 0 unspecified atom stereocenters. The number of hydrogen-bond donors (Lipinski definition) is 2. The molecule has 2 N–H and O–H groups in total. The van der Waals surface area contributed by atoms with Crippen LogP contribution in [-0.2, 0) is 9.47 Å². The molecular formula is C18H28N4O4. The van der Waals surface area contributed by atoms with E-state index in [4.69, 9.17) is 9.47 Å². The molecule has 26 heavy (non-hydrogen) atoms. The number of amides is 2. The molecule has 0 radical (unpaired) electrons. The van der Waals surface area contributed by atoms with Gasteiger partial charge in [0.15, 0.2) is 0 Å². The first-order valence-electron chi connectivity index (χ1n) is 9.05. The van der Waals surface area contributed by atoms with Crippen LogP contribution in [0.4, 0.5) is 10.5 Å². The Balaban J connectivity index is 1.75. The molecule has 1 saturated heterocycles. The lowest BCUT2D eigenvalue weighted by molar-refractivity contribution is 0.0856. The number of nitrogens with one attached hydrogen (secondary N) is 2. The summed E-state index contributed by atoms with van der Waals surface area (Å²) in [6, 6.07) is 3.60. The van der Waals surface area contributed by atoms with Crippen LogP contribution in [0, 0.1) is 0 Å². The number of carbonyl (C=O) groups excluding carboxylic acids is 2. The molecule has 2 amide bonds. The predicted octanol–water partition coefficient (Wildman–Crippen LogP) is 1.88. The van der Waals surface area contributed by atoms with Gasteiger partial charge in [-0.25, -0.2) is 9.78 Å². The molecule has 1 aromatic rings. The second-order valence-electron chi connectivity index (χ2n) is 6.14. The molecule has 0 spiro atoms. The van der Waals surface area contributed by atoms with Crippen molar-refractivity contribution in [1.29, 1.82) is 0 Å². The van der Waals surface area contributed by atoms with E-state index in [2.05, 4.69) is 15.6 Å². The Kier molecular flexibility index (Phi) is 8.14. The van der Waals surface area contributed by atoms with Gasteiger partial charge < -0.3 is 25.0 Å². The fourth-order valence-electron chi connectivity index (χ4n) is 2.76. The van der Waals surface area contributed by atoms with E-state index in [0.717, 1.165) is 18.7 Å². The molecule has 0 saturated carbocycles. The van der Waals surface area contributed by atoms with Crippen LogP contribution in [0.2, 0.25) is 0 Å². The van der Waals surface area contributed by atoms with Gasteiger partial charge in [-0.2, -0.15) is 0 Å². The van der Waals surface area contributed by atoms with Gasteiger partial charge in [0.2, 0.25) is 0 Å². The van der Waals surface area contributed by atoms with E-state index in [9.17, 15) is 9.59 Å². The molecule has 0 aromatic carbocycles. The molecule has 1 aliphatic heterocycles. The predicted molar refractivity (Wildman–Crippen MR) is 98.3 cm³/mol. The monoisotopic (exact) mass is 364 g/mol. The average molecular weight is 364 g/mol. The lowest BCUT2D eigenvalue weighted by Crippen LogP contribution is -2.46. The Morgan fingerprint density at radius 3 is 2.69 bits per heavy atom. The lowest BCUT2D eigenvalue weighted by Gasteiger charge is -2.31. The Labute approximate surface area is 154 Å². The van der Waals surface area contributed by atoms with Crippen molar-refractivity contribution in [3.05, 3.63) is 24.0 Å². The van der Waals surface area contributed by atoms with E-state index in [1.807, 2.05) is 6.07 Å². The van der Waals surface area contributed by atoms with E-state index < -0.39 is 0 Å². The first-order valence-corrected chi connectivity index (χ1v) is 9.05. The highest BCUT2D eigenvalue weighted by Gasteiger charge is 2.25. The summed E-state index contributed by atoms with van der Waals surface area (Å²) in [5.41, 5.74) is 1.26. The zero-order chi connectivity index (χ0) is 18.8. The van der Waals surface area contributed by atoms with Crippen molar-refractivity contribution in [2.75, 3.05) is 45.3 Å². The normalized spacial score (nSPS) is 14.8. The maximum Gasteiger partial charge on any atom is 0.409 e. The van der Waals surface area contributed by atoms with Crippen molar-refractivity contribution < 1.29 is 19.1 Å². The molecule has 8 heteroatoms. The van der Waals surface area contributed by atoms with Crippen LogP contribution in [0.1, 0.15) is 36.7 Å². The minimum Gasteiger partial charge on any atom is -0.450 e. The van der Waals surface area contributed by atoms with Crippen molar-refractivity contribution in [3.63, 3.8) is 0 Å². The highest BCUT2D eigenvalue weighted by Crippen LogP contribution is 2.13. The van der Waals surface area contributed by atoms with E-state index >= 15 is 0 Å². The summed E-state index contributed by atoms with van der Waals surface area (Å²) in [5.74, 6) is -0.189. The molecule has 2 heterocycles. The van der Waals surface area contributed by atoms with Gasteiger partial charge in [0.1, 0.15) is 5.69 Å². The minimum absolute atomic E-state index is 0.0434. The smallest absolute Gasteiger partial charge is 0.409 e. The molecule has 1 aliphatic rings. The minimum atomic E-state index is -0.285. The van der Waals surface area contributed by atoms with Crippen molar-refractivity contribution >= 4 is 17.7 Å². The SMILES string of the molecule is CCOC(=O)N1CCC(NC(=O)c2ccc(NCCCOC)cn2)CC1. The second kappa shape index (κ2) is 10.6. The van der Waals surface area contributed by atoms with Crippen molar-refractivity contribution in [2.24, 2.45) is 0 Å². The van der Waals surface area contributed by atoms with Crippen LogP contribution in [0.25, 0.3) is 0 Å². The van der Waals surface area contributed by atoms with Crippen LogP contribution < -0.4 is 10.6 Å². The Morgan fingerprint density at radius 1 is 1.31 bits per heavy atom. The van der Waals surface area contributed by atoms with Gasteiger partial charge in [-0.05, 0) is 38.3 Å². The van der Waals surface area contributed by atoms with Crippen LogP contribution in [0.5, 0.6) is 0 Å². The molecule has 1 aromatic heterocycles. The van der Waals surface area contributed by atoms with Gasteiger partial charge in [0, 0.05) is 39.4 Å². The molecule has 0 bridgehead atoms. The summed E-state index contributed by atoms with van der Waals surface area (Å²) in [4.78, 5) is 29.9. The van der Waals surface area contributed by atoms with Crippen LogP contribution in [0.15, 0.2) is 18.3 Å². The molecule has 2 rings (SSSR count). The van der Waals surface area contributed by atoms with E-state index in [0.29, 0.717) is 44.8 Å². The van der Waals surface area contributed by atoms with Crippen molar-refractivity contribution in [1.82, 2.24) is 15.2 Å². The zero-order valence-corrected chi connectivity index (χ0v) is 15.5. The van der Waals surface area contributed by atoms with Crippen molar-refractivity contribution in [2.45, 2.75) is 32.2 Å². The number of pyridine rings is 1. The summed E-state index contributed by atoms with van der Waals surface area (Å²) < 4.78 is 9.99. The molecule has 0 aliphatic carbocycles. The number of anilines is 1. The summed E-state index contributed by atoms with van der Waals surface area (Å²) in [5, 5.41) is 6.22.